The fraction of sp³-hybridized carbons (Fsp3) is 0.0769. The Bertz CT molecular complexity index is 521. The van der Waals surface area contributed by atoms with Crippen LogP contribution in [0.25, 0.3) is 11.3 Å². The minimum absolute atomic E-state index is 0.282. The average Bonchev–Trinajstić information content (AvgIpc) is 2.29. The SMILES string of the molecule is Cc1ccc(C(=O)O)c(-c2ccccn2)c1. The van der Waals surface area contributed by atoms with Crippen LogP contribution in [0.4, 0.5) is 0 Å². The molecule has 1 aromatic carbocycles. The summed E-state index contributed by atoms with van der Waals surface area (Å²) in [4.78, 5) is 15.2. The fourth-order valence-electron chi connectivity index (χ4n) is 1.58. The van der Waals surface area contributed by atoms with Crippen LogP contribution in [0.3, 0.4) is 0 Å². The molecule has 0 amide bonds. The van der Waals surface area contributed by atoms with Gasteiger partial charge in [0.15, 0.2) is 0 Å². The van der Waals surface area contributed by atoms with Crippen LogP contribution in [0.1, 0.15) is 15.9 Å². The normalized spacial score (nSPS) is 10.1. The Morgan fingerprint density at radius 3 is 2.69 bits per heavy atom. The summed E-state index contributed by atoms with van der Waals surface area (Å²) in [5.41, 5.74) is 2.65. The maximum atomic E-state index is 11.1. The molecule has 2 aromatic rings. The van der Waals surface area contributed by atoms with Crippen molar-refractivity contribution in [2.45, 2.75) is 6.92 Å². The Morgan fingerprint density at radius 1 is 1.25 bits per heavy atom. The molecule has 0 spiro atoms. The summed E-state index contributed by atoms with van der Waals surface area (Å²) in [6.07, 6.45) is 1.66. The first kappa shape index (κ1) is 10.4. The molecule has 3 heteroatoms. The van der Waals surface area contributed by atoms with E-state index >= 15 is 0 Å². The molecular formula is C13H11NO2. The number of aromatic nitrogens is 1. The molecule has 1 aromatic heterocycles. The quantitative estimate of drug-likeness (QED) is 0.834. The molecule has 3 nitrogen and oxygen atoms in total. The smallest absolute Gasteiger partial charge is 0.336 e. The topological polar surface area (TPSA) is 50.2 Å². The van der Waals surface area contributed by atoms with E-state index in [-0.39, 0.29) is 5.56 Å². The molecule has 0 saturated heterocycles. The molecule has 0 aliphatic rings. The first-order valence-electron chi connectivity index (χ1n) is 4.94. The third-order valence-electron chi connectivity index (χ3n) is 2.35. The summed E-state index contributed by atoms with van der Waals surface area (Å²) in [7, 11) is 0. The second-order valence-electron chi connectivity index (χ2n) is 3.57. The van der Waals surface area contributed by atoms with Crippen molar-refractivity contribution in [2.24, 2.45) is 0 Å². The molecule has 0 aliphatic heterocycles. The van der Waals surface area contributed by atoms with E-state index in [0.29, 0.717) is 11.3 Å². The van der Waals surface area contributed by atoms with E-state index in [1.807, 2.05) is 19.1 Å². The third kappa shape index (κ3) is 1.93. The molecule has 0 atom stereocenters. The van der Waals surface area contributed by atoms with E-state index in [9.17, 15) is 4.79 Å². The van der Waals surface area contributed by atoms with Gasteiger partial charge in [-0.15, -0.1) is 0 Å². The van der Waals surface area contributed by atoms with E-state index in [1.165, 1.54) is 0 Å². The number of carboxylic acids is 1. The highest BCUT2D eigenvalue weighted by molar-refractivity contribution is 5.95. The van der Waals surface area contributed by atoms with E-state index in [4.69, 9.17) is 5.11 Å². The van der Waals surface area contributed by atoms with Gasteiger partial charge >= 0.3 is 5.97 Å². The molecule has 0 saturated carbocycles. The molecule has 1 N–H and O–H groups in total. The van der Waals surface area contributed by atoms with Gasteiger partial charge in [0.25, 0.3) is 0 Å². The van der Waals surface area contributed by atoms with E-state index in [1.54, 1.807) is 30.5 Å². The summed E-state index contributed by atoms with van der Waals surface area (Å²) in [6.45, 7) is 1.93. The van der Waals surface area contributed by atoms with Gasteiger partial charge in [-0.3, -0.25) is 4.98 Å². The second-order valence-corrected chi connectivity index (χ2v) is 3.57. The lowest BCUT2D eigenvalue weighted by molar-refractivity contribution is 0.0697. The number of pyridine rings is 1. The number of hydrogen-bond donors (Lipinski definition) is 1. The number of aromatic carboxylic acids is 1. The summed E-state index contributed by atoms with van der Waals surface area (Å²) in [6, 6.07) is 10.7. The van der Waals surface area contributed by atoms with Crippen LogP contribution in [-0.4, -0.2) is 16.1 Å². The third-order valence-corrected chi connectivity index (χ3v) is 2.35. The lowest BCUT2D eigenvalue weighted by Crippen LogP contribution is -2.00. The molecule has 0 unspecified atom stereocenters. The van der Waals surface area contributed by atoms with Gasteiger partial charge < -0.3 is 5.11 Å². The molecule has 0 radical (unpaired) electrons. The highest BCUT2D eigenvalue weighted by atomic mass is 16.4. The zero-order valence-corrected chi connectivity index (χ0v) is 8.84. The van der Waals surface area contributed by atoms with Gasteiger partial charge in [-0.1, -0.05) is 17.7 Å². The van der Waals surface area contributed by atoms with Crippen LogP contribution in [0.2, 0.25) is 0 Å². The lowest BCUT2D eigenvalue weighted by atomic mass is 10.0. The number of hydrogen-bond acceptors (Lipinski definition) is 2. The van der Waals surface area contributed by atoms with Crippen molar-refractivity contribution in [3.05, 3.63) is 53.7 Å². The monoisotopic (exact) mass is 213 g/mol. The number of nitrogens with zero attached hydrogens (tertiary/aromatic N) is 1. The minimum Gasteiger partial charge on any atom is -0.478 e. The van der Waals surface area contributed by atoms with Crippen molar-refractivity contribution < 1.29 is 9.90 Å². The van der Waals surface area contributed by atoms with Crippen LogP contribution in [0.15, 0.2) is 42.6 Å². The van der Waals surface area contributed by atoms with E-state index in [0.717, 1.165) is 5.56 Å². The van der Waals surface area contributed by atoms with Gasteiger partial charge in [0, 0.05) is 11.8 Å². The molecule has 0 fully saturated rings. The molecule has 2 rings (SSSR count). The summed E-state index contributed by atoms with van der Waals surface area (Å²) in [5.74, 6) is -0.930. The maximum absolute atomic E-state index is 11.1. The Hall–Kier alpha value is -2.16. The first-order chi connectivity index (χ1) is 7.68. The highest BCUT2D eigenvalue weighted by Gasteiger charge is 2.11. The van der Waals surface area contributed by atoms with Crippen LogP contribution in [-0.2, 0) is 0 Å². The van der Waals surface area contributed by atoms with Gasteiger partial charge in [0.2, 0.25) is 0 Å². The molecular weight excluding hydrogens is 202 g/mol. The Labute approximate surface area is 93.4 Å². The minimum atomic E-state index is -0.930. The Balaban J connectivity index is 2.63. The highest BCUT2D eigenvalue weighted by Crippen LogP contribution is 2.22. The standard InChI is InChI=1S/C13H11NO2/c1-9-5-6-10(13(15)16)11(8-9)12-4-2-3-7-14-12/h2-8H,1H3,(H,15,16). The molecule has 80 valence electrons. The average molecular weight is 213 g/mol. The van der Waals surface area contributed by atoms with Crippen molar-refractivity contribution in [2.75, 3.05) is 0 Å². The van der Waals surface area contributed by atoms with Crippen LogP contribution in [0, 0.1) is 6.92 Å². The van der Waals surface area contributed by atoms with Crippen molar-refractivity contribution in [3.8, 4) is 11.3 Å². The Morgan fingerprint density at radius 2 is 2.06 bits per heavy atom. The van der Waals surface area contributed by atoms with Gasteiger partial charge in [0.1, 0.15) is 0 Å². The second kappa shape index (κ2) is 4.14. The number of carbonyl (C=O) groups is 1. The number of carboxylic acid groups (broad SMARTS) is 1. The summed E-state index contributed by atoms with van der Waals surface area (Å²) >= 11 is 0. The first-order valence-corrected chi connectivity index (χ1v) is 4.94. The summed E-state index contributed by atoms with van der Waals surface area (Å²) < 4.78 is 0. The van der Waals surface area contributed by atoms with Gasteiger partial charge in [-0.25, -0.2) is 4.79 Å². The van der Waals surface area contributed by atoms with Crippen LogP contribution in [0.5, 0.6) is 0 Å². The molecule has 0 bridgehead atoms. The van der Waals surface area contributed by atoms with Crippen LogP contribution >= 0.6 is 0 Å². The maximum Gasteiger partial charge on any atom is 0.336 e. The number of benzene rings is 1. The number of aryl methyl sites for hydroxylation is 1. The largest absolute Gasteiger partial charge is 0.478 e. The zero-order chi connectivity index (χ0) is 11.5. The fourth-order valence-corrected chi connectivity index (χ4v) is 1.58. The van der Waals surface area contributed by atoms with Crippen molar-refractivity contribution >= 4 is 5.97 Å². The number of rotatable bonds is 2. The molecule has 1 heterocycles. The van der Waals surface area contributed by atoms with Gasteiger partial charge in [-0.05, 0) is 31.2 Å². The van der Waals surface area contributed by atoms with Gasteiger partial charge in [0.05, 0.1) is 11.3 Å². The summed E-state index contributed by atoms with van der Waals surface area (Å²) in [5, 5.41) is 9.09. The van der Waals surface area contributed by atoms with Crippen molar-refractivity contribution in [1.82, 2.24) is 4.98 Å². The zero-order valence-electron chi connectivity index (χ0n) is 8.84. The predicted octanol–water partition coefficient (Wildman–Crippen LogP) is 2.76. The lowest BCUT2D eigenvalue weighted by Gasteiger charge is -2.06. The van der Waals surface area contributed by atoms with Crippen molar-refractivity contribution in [3.63, 3.8) is 0 Å². The van der Waals surface area contributed by atoms with Crippen molar-refractivity contribution in [1.29, 1.82) is 0 Å². The van der Waals surface area contributed by atoms with Crippen LogP contribution < -0.4 is 0 Å². The Kier molecular flexibility index (Phi) is 2.68. The predicted molar refractivity (Wildman–Crippen MR) is 61.4 cm³/mol. The van der Waals surface area contributed by atoms with Gasteiger partial charge in [-0.2, -0.15) is 0 Å². The van der Waals surface area contributed by atoms with E-state index in [2.05, 4.69) is 4.98 Å². The molecule has 0 aliphatic carbocycles. The molecule has 16 heavy (non-hydrogen) atoms. The van der Waals surface area contributed by atoms with E-state index < -0.39 is 5.97 Å².